The number of carbonyl (C=O) groups is 1. The van der Waals surface area contributed by atoms with E-state index >= 15 is 0 Å². The van der Waals surface area contributed by atoms with Gasteiger partial charge in [-0.15, -0.1) is 0 Å². The minimum Gasteiger partial charge on any atom is -0.488 e. The zero-order valence-corrected chi connectivity index (χ0v) is 18.1. The molecule has 1 saturated heterocycles. The Morgan fingerprint density at radius 1 is 1.10 bits per heavy atom. The number of benzene rings is 2. The van der Waals surface area contributed by atoms with Gasteiger partial charge in [-0.1, -0.05) is 47.6 Å². The Bertz CT molecular complexity index is 990. The lowest BCUT2D eigenvalue weighted by Crippen LogP contribution is -2.36. The van der Waals surface area contributed by atoms with Crippen molar-refractivity contribution in [3.05, 3.63) is 82.7 Å². The summed E-state index contributed by atoms with van der Waals surface area (Å²) in [5.41, 5.74) is 3.47. The summed E-state index contributed by atoms with van der Waals surface area (Å²) < 4.78 is 11.2. The van der Waals surface area contributed by atoms with Crippen LogP contribution in [0, 0.1) is 13.8 Å². The smallest absolute Gasteiger partial charge is 0.255 e. The summed E-state index contributed by atoms with van der Waals surface area (Å²) in [6.45, 7) is 6.74. The van der Waals surface area contributed by atoms with Crippen LogP contribution in [0.3, 0.4) is 0 Å². The van der Waals surface area contributed by atoms with Gasteiger partial charge in [0.2, 0.25) is 0 Å². The van der Waals surface area contributed by atoms with Gasteiger partial charge in [0, 0.05) is 6.54 Å². The van der Waals surface area contributed by atoms with Crippen molar-refractivity contribution < 1.29 is 14.1 Å². The average molecular weight is 420 g/mol. The number of carbonyl (C=O) groups excluding carboxylic acids is 1. The first-order chi connectivity index (χ1) is 15.1. The maximum Gasteiger partial charge on any atom is 0.255 e. The van der Waals surface area contributed by atoms with Crippen molar-refractivity contribution in [3.8, 4) is 5.75 Å². The number of ether oxygens (including phenoxy) is 1. The molecule has 1 unspecified atom stereocenters. The second kappa shape index (κ2) is 9.79. The fourth-order valence-corrected chi connectivity index (χ4v) is 4.11. The molecule has 0 radical (unpaired) electrons. The maximum absolute atomic E-state index is 13.1. The van der Waals surface area contributed by atoms with Crippen molar-refractivity contribution in [1.82, 2.24) is 15.4 Å². The lowest BCUT2D eigenvalue weighted by atomic mass is 10.1. The standard InChI is InChI=1S/C25H29N3O3/c1-18-22(19(2)31-27-18)17-30-24-13-7-6-12-21(24)25(29)26-16-23(28-14-8-9-15-28)20-10-4-3-5-11-20/h3-7,10-13,23H,8-9,14-17H2,1-2H3,(H,26,29). The van der Waals surface area contributed by atoms with Crippen LogP contribution in [-0.2, 0) is 6.61 Å². The van der Waals surface area contributed by atoms with E-state index in [1.54, 1.807) is 6.07 Å². The van der Waals surface area contributed by atoms with Crippen molar-refractivity contribution in [2.75, 3.05) is 19.6 Å². The fraction of sp³-hybridized carbons (Fsp3) is 0.360. The van der Waals surface area contributed by atoms with E-state index in [-0.39, 0.29) is 11.9 Å². The molecule has 3 aromatic rings. The number of rotatable bonds is 8. The highest BCUT2D eigenvalue weighted by Gasteiger charge is 2.24. The number of para-hydroxylation sites is 1. The van der Waals surface area contributed by atoms with Crippen molar-refractivity contribution in [1.29, 1.82) is 0 Å². The van der Waals surface area contributed by atoms with Gasteiger partial charge in [0.15, 0.2) is 0 Å². The minimum absolute atomic E-state index is 0.130. The Kier molecular flexibility index (Phi) is 6.67. The highest BCUT2D eigenvalue weighted by Crippen LogP contribution is 2.25. The molecule has 0 bridgehead atoms. The minimum atomic E-state index is -0.130. The molecular weight excluding hydrogens is 390 g/mol. The molecule has 1 aliphatic rings. The fourth-order valence-electron chi connectivity index (χ4n) is 4.11. The van der Waals surface area contributed by atoms with Gasteiger partial charge < -0.3 is 14.6 Å². The topological polar surface area (TPSA) is 67.6 Å². The Hall–Kier alpha value is -3.12. The van der Waals surface area contributed by atoms with Gasteiger partial charge >= 0.3 is 0 Å². The molecule has 0 aliphatic carbocycles. The van der Waals surface area contributed by atoms with E-state index in [1.807, 2.05) is 38.1 Å². The molecule has 2 aromatic carbocycles. The monoisotopic (exact) mass is 419 g/mol. The molecule has 1 amide bonds. The molecule has 1 N–H and O–H groups in total. The van der Waals surface area contributed by atoms with Crippen LogP contribution in [0.15, 0.2) is 59.1 Å². The third-order valence-electron chi connectivity index (χ3n) is 5.91. The normalized spacial score (nSPS) is 15.0. The van der Waals surface area contributed by atoms with Crippen LogP contribution >= 0.6 is 0 Å². The molecule has 6 heteroatoms. The lowest BCUT2D eigenvalue weighted by molar-refractivity contribution is 0.0933. The van der Waals surface area contributed by atoms with E-state index in [2.05, 4.69) is 39.6 Å². The van der Waals surface area contributed by atoms with Gasteiger partial charge in [-0.3, -0.25) is 9.69 Å². The Balaban J connectivity index is 1.45. The van der Waals surface area contributed by atoms with Gasteiger partial charge in [-0.25, -0.2) is 0 Å². The van der Waals surface area contributed by atoms with Gasteiger partial charge in [-0.2, -0.15) is 0 Å². The molecule has 6 nitrogen and oxygen atoms in total. The molecule has 1 atom stereocenters. The first kappa shape index (κ1) is 21.1. The number of hydrogen-bond acceptors (Lipinski definition) is 5. The van der Waals surface area contributed by atoms with E-state index < -0.39 is 0 Å². The number of aromatic nitrogens is 1. The van der Waals surface area contributed by atoms with Crippen molar-refractivity contribution in [3.63, 3.8) is 0 Å². The number of nitrogens with one attached hydrogen (secondary N) is 1. The SMILES string of the molecule is Cc1noc(C)c1COc1ccccc1C(=O)NCC(c1ccccc1)N1CCCC1. The molecule has 31 heavy (non-hydrogen) atoms. The van der Waals surface area contributed by atoms with Crippen LogP contribution in [0.1, 0.15) is 51.8 Å². The highest BCUT2D eigenvalue weighted by atomic mass is 16.5. The molecule has 1 fully saturated rings. The average Bonchev–Trinajstić information content (AvgIpc) is 3.44. The number of hydrogen-bond donors (Lipinski definition) is 1. The zero-order valence-electron chi connectivity index (χ0n) is 18.1. The predicted molar refractivity (Wildman–Crippen MR) is 119 cm³/mol. The molecule has 162 valence electrons. The number of amides is 1. The number of aryl methyl sites for hydroxylation is 2. The van der Waals surface area contributed by atoms with Gasteiger partial charge in [0.05, 0.1) is 22.9 Å². The quantitative estimate of drug-likeness (QED) is 0.585. The Labute approximate surface area is 183 Å². The summed E-state index contributed by atoms with van der Waals surface area (Å²) in [5.74, 6) is 1.16. The first-order valence-corrected chi connectivity index (χ1v) is 10.8. The third-order valence-corrected chi connectivity index (χ3v) is 5.91. The van der Waals surface area contributed by atoms with Crippen LogP contribution in [0.5, 0.6) is 5.75 Å². The number of nitrogens with zero attached hydrogens (tertiary/aromatic N) is 2. The van der Waals surface area contributed by atoms with Crippen LogP contribution in [0.25, 0.3) is 0 Å². The summed E-state index contributed by atoms with van der Waals surface area (Å²) in [6, 6.07) is 17.9. The van der Waals surface area contributed by atoms with Crippen LogP contribution in [-0.4, -0.2) is 35.6 Å². The molecule has 0 spiro atoms. The van der Waals surface area contributed by atoms with E-state index in [4.69, 9.17) is 9.26 Å². The van der Waals surface area contributed by atoms with Crippen molar-refractivity contribution in [2.24, 2.45) is 0 Å². The Morgan fingerprint density at radius 2 is 1.81 bits per heavy atom. The Morgan fingerprint density at radius 3 is 2.52 bits per heavy atom. The maximum atomic E-state index is 13.1. The molecular formula is C25H29N3O3. The van der Waals surface area contributed by atoms with E-state index in [0.717, 1.165) is 30.1 Å². The van der Waals surface area contributed by atoms with Crippen LogP contribution < -0.4 is 10.1 Å². The molecule has 1 aromatic heterocycles. The third kappa shape index (κ3) is 4.97. The number of likely N-dealkylation sites (tertiary alicyclic amines) is 1. The largest absolute Gasteiger partial charge is 0.488 e. The molecule has 1 aliphatic heterocycles. The van der Waals surface area contributed by atoms with Gasteiger partial charge in [0.25, 0.3) is 5.91 Å². The van der Waals surface area contributed by atoms with Crippen molar-refractivity contribution in [2.45, 2.75) is 39.3 Å². The second-order valence-electron chi connectivity index (χ2n) is 7.97. The first-order valence-electron chi connectivity index (χ1n) is 10.8. The van der Waals surface area contributed by atoms with E-state index in [0.29, 0.717) is 24.5 Å². The van der Waals surface area contributed by atoms with Crippen LogP contribution in [0.2, 0.25) is 0 Å². The van der Waals surface area contributed by atoms with Gasteiger partial charge in [-0.05, 0) is 57.5 Å². The summed E-state index contributed by atoms with van der Waals surface area (Å²) in [4.78, 5) is 15.5. The molecule has 2 heterocycles. The summed E-state index contributed by atoms with van der Waals surface area (Å²) in [7, 11) is 0. The van der Waals surface area contributed by atoms with Crippen LogP contribution in [0.4, 0.5) is 0 Å². The summed E-state index contributed by atoms with van der Waals surface area (Å²) in [6.07, 6.45) is 2.41. The highest BCUT2D eigenvalue weighted by molar-refractivity contribution is 5.96. The molecule has 4 rings (SSSR count). The second-order valence-corrected chi connectivity index (χ2v) is 7.97. The lowest BCUT2D eigenvalue weighted by Gasteiger charge is -2.28. The van der Waals surface area contributed by atoms with E-state index in [1.165, 1.54) is 18.4 Å². The van der Waals surface area contributed by atoms with Crippen molar-refractivity contribution >= 4 is 5.91 Å². The van der Waals surface area contributed by atoms with E-state index in [9.17, 15) is 4.79 Å². The zero-order chi connectivity index (χ0) is 21.6. The predicted octanol–water partition coefficient (Wildman–Crippen LogP) is 4.44. The summed E-state index contributed by atoms with van der Waals surface area (Å²) >= 11 is 0. The summed E-state index contributed by atoms with van der Waals surface area (Å²) in [5, 5.41) is 7.10. The molecule has 0 saturated carbocycles. The van der Waals surface area contributed by atoms with Gasteiger partial charge in [0.1, 0.15) is 18.1 Å².